The minimum Gasteiger partial charge on any atom is -0.496 e. The molecule has 5 heteroatoms. The van der Waals surface area contributed by atoms with E-state index in [4.69, 9.17) is 9.84 Å². The maximum absolute atomic E-state index is 10.0. The van der Waals surface area contributed by atoms with Crippen LogP contribution >= 0.6 is 0 Å². The van der Waals surface area contributed by atoms with Crippen LogP contribution in [0, 0.1) is 0 Å². The van der Waals surface area contributed by atoms with E-state index < -0.39 is 12.2 Å². The number of hydrogen-bond donors (Lipinski definition) is 4. The summed E-state index contributed by atoms with van der Waals surface area (Å²) in [7, 11) is 3.29. The number of ether oxygens (including phenoxy) is 1. The summed E-state index contributed by atoms with van der Waals surface area (Å²) in [5.41, 5.74) is 1.23. The topological polar surface area (TPSA) is 82.0 Å². The van der Waals surface area contributed by atoms with Gasteiger partial charge < -0.3 is 25.4 Å². The average molecular weight is 255 g/mol. The zero-order chi connectivity index (χ0) is 13.5. The van der Waals surface area contributed by atoms with Gasteiger partial charge in [-0.3, -0.25) is 0 Å². The lowest BCUT2D eigenvalue weighted by atomic mass is 10.00. The molecule has 0 saturated heterocycles. The lowest BCUT2D eigenvalue weighted by Gasteiger charge is -2.19. The molecule has 0 spiro atoms. The van der Waals surface area contributed by atoms with Crippen molar-refractivity contribution in [1.82, 2.24) is 5.32 Å². The van der Waals surface area contributed by atoms with Crippen LogP contribution in [0.2, 0.25) is 0 Å². The second-order valence-electron chi connectivity index (χ2n) is 4.13. The monoisotopic (exact) mass is 255 g/mol. The summed E-state index contributed by atoms with van der Waals surface area (Å²) in [5.74, 6) is 0.509. The van der Waals surface area contributed by atoms with Gasteiger partial charge in [0, 0.05) is 5.56 Å². The third kappa shape index (κ3) is 3.68. The predicted molar refractivity (Wildman–Crippen MR) is 68.4 cm³/mol. The summed E-state index contributed by atoms with van der Waals surface area (Å²) in [5, 5.41) is 31.8. The van der Waals surface area contributed by atoms with Crippen molar-refractivity contribution >= 4 is 0 Å². The van der Waals surface area contributed by atoms with Gasteiger partial charge in [-0.1, -0.05) is 12.1 Å². The predicted octanol–water partition coefficient (Wildman–Crippen LogP) is 0.191. The van der Waals surface area contributed by atoms with Gasteiger partial charge in [0.2, 0.25) is 0 Å². The molecule has 0 aromatic heterocycles. The van der Waals surface area contributed by atoms with E-state index >= 15 is 0 Å². The van der Waals surface area contributed by atoms with Crippen LogP contribution in [-0.4, -0.2) is 42.1 Å². The van der Waals surface area contributed by atoms with E-state index in [1.807, 2.05) is 0 Å². The molecule has 18 heavy (non-hydrogen) atoms. The normalized spacial score (nSPS) is 14.3. The van der Waals surface area contributed by atoms with Crippen molar-refractivity contribution in [1.29, 1.82) is 0 Å². The molecule has 0 radical (unpaired) electrons. The summed E-state index contributed by atoms with van der Waals surface area (Å²) >= 11 is 0. The van der Waals surface area contributed by atoms with Crippen LogP contribution in [0.3, 0.4) is 0 Å². The SMILES string of the molecule is CNCCC(O)C(O)c1ccc(CO)c(OC)c1. The smallest absolute Gasteiger partial charge is 0.124 e. The lowest BCUT2D eigenvalue weighted by molar-refractivity contribution is 0.0139. The molecule has 5 nitrogen and oxygen atoms in total. The van der Waals surface area contributed by atoms with Gasteiger partial charge in [0.1, 0.15) is 11.9 Å². The summed E-state index contributed by atoms with van der Waals surface area (Å²) < 4.78 is 5.12. The van der Waals surface area contributed by atoms with E-state index in [0.29, 0.717) is 29.8 Å². The van der Waals surface area contributed by atoms with Crippen molar-refractivity contribution in [3.8, 4) is 5.75 Å². The Balaban J connectivity index is 2.82. The van der Waals surface area contributed by atoms with Gasteiger partial charge in [-0.25, -0.2) is 0 Å². The number of benzene rings is 1. The fourth-order valence-corrected chi connectivity index (χ4v) is 1.75. The molecule has 0 aliphatic heterocycles. The Bertz CT molecular complexity index is 370. The number of nitrogens with one attached hydrogen (secondary N) is 1. The number of hydrogen-bond acceptors (Lipinski definition) is 5. The first-order valence-electron chi connectivity index (χ1n) is 5.92. The molecule has 1 aromatic rings. The van der Waals surface area contributed by atoms with Gasteiger partial charge >= 0.3 is 0 Å². The first kappa shape index (κ1) is 14.9. The highest BCUT2D eigenvalue weighted by Crippen LogP contribution is 2.26. The van der Waals surface area contributed by atoms with Crippen molar-refractivity contribution in [3.63, 3.8) is 0 Å². The molecular formula is C13H21NO4. The Morgan fingerprint density at radius 3 is 2.61 bits per heavy atom. The maximum Gasteiger partial charge on any atom is 0.124 e. The molecule has 0 saturated carbocycles. The van der Waals surface area contributed by atoms with Crippen LogP contribution in [0.5, 0.6) is 5.75 Å². The van der Waals surface area contributed by atoms with Gasteiger partial charge in [-0.15, -0.1) is 0 Å². The van der Waals surface area contributed by atoms with Crippen molar-refractivity contribution in [2.24, 2.45) is 0 Å². The number of rotatable bonds is 7. The molecule has 1 rings (SSSR count). The minimum absolute atomic E-state index is 0.123. The average Bonchev–Trinajstić information content (AvgIpc) is 2.42. The zero-order valence-corrected chi connectivity index (χ0v) is 10.8. The highest BCUT2D eigenvalue weighted by molar-refractivity contribution is 5.38. The molecule has 0 amide bonds. The summed E-state index contributed by atoms with van der Waals surface area (Å²) in [6, 6.07) is 5.00. The molecule has 0 heterocycles. The van der Waals surface area contributed by atoms with E-state index in [2.05, 4.69) is 5.32 Å². The molecule has 2 unspecified atom stereocenters. The first-order valence-corrected chi connectivity index (χ1v) is 5.92. The van der Waals surface area contributed by atoms with Crippen molar-refractivity contribution in [2.45, 2.75) is 25.2 Å². The molecule has 0 aliphatic carbocycles. The van der Waals surface area contributed by atoms with E-state index in [9.17, 15) is 10.2 Å². The second kappa shape index (κ2) is 7.33. The maximum atomic E-state index is 10.0. The third-order valence-corrected chi connectivity index (χ3v) is 2.88. The zero-order valence-electron chi connectivity index (χ0n) is 10.8. The molecule has 1 aromatic carbocycles. The molecule has 0 aliphatic rings. The summed E-state index contributed by atoms with van der Waals surface area (Å²) in [6.07, 6.45) is -1.33. The Hall–Kier alpha value is -1.14. The fourth-order valence-electron chi connectivity index (χ4n) is 1.75. The van der Waals surface area contributed by atoms with Crippen molar-refractivity contribution in [2.75, 3.05) is 20.7 Å². The molecule has 4 N–H and O–H groups in total. The first-order chi connectivity index (χ1) is 8.63. The standard InChI is InChI=1S/C13H21NO4/c1-14-6-5-11(16)13(17)9-3-4-10(8-15)12(7-9)18-2/h3-4,7,11,13-17H,5-6,8H2,1-2H3. The summed E-state index contributed by atoms with van der Waals surface area (Å²) in [4.78, 5) is 0. The quantitative estimate of drug-likeness (QED) is 0.559. The minimum atomic E-state index is -0.958. The van der Waals surface area contributed by atoms with E-state index in [1.165, 1.54) is 7.11 Å². The van der Waals surface area contributed by atoms with Crippen molar-refractivity contribution in [3.05, 3.63) is 29.3 Å². The largest absolute Gasteiger partial charge is 0.496 e. The van der Waals surface area contributed by atoms with Gasteiger partial charge in [-0.2, -0.15) is 0 Å². The van der Waals surface area contributed by atoms with Crippen LogP contribution in [0.4, 0.5) is 0 Å². The summed E-state index contributed by atoms with van der Waals surface area (Å²) in [6.45, 7) is 0.506. The Labute approximate surface area is 107 Å². The van der Waals surface area contributed by atoms with Gasteiger partial charge in [0.15, 0.2) is 0 Å². The van der Waals surface area contributed by atoms with Gasteiger partial charge in [-0.05, 0) is 31.6 Å². The highest BCUT2D eigenvalue weighted by atomic mass is 16.5. The van der Waals surface area contributed by atoms with Gasteiger partial charge in [0.05, 0.1) is 19.8 Å². The Morgan fingerprint density at radius 2 is 2.06 bits per heavy atom. The van der Waals surface area contributed by atoms with E-state index in [0.717, 1.165) is 0 Å². The van der Waals surface area contributed by atoms with Crippen molar-refractivity contribution < 1.29 is 20.1 Å². The number of aliphatic hydroxyl groups excluding tert-OH is 3. The number of methoxy groups -OCH3 is 1. The molecule has 0 bridgehead atoms. The third-order valence-electron chi connectivity index (χ3n) is 2.88. The lowest BCUT2D eigenvalue weighted by Crippen LogP contribution is -2.23. The van der Waals surface area contributed by atoms with Crippen LogP contribution in [0.25, 0.3) is 0 Å². The molecule has 102 valence electrons. The van der Waals surface area contributed by atoms with Crippen LogP contribution < -0.4 is 10.1 Å². The molecular weight excluding hydrogens is 234 g/mol. The van der Waals surface area contributed by atoms with E-state index in [-0.39, 0.29) is 6.61 Å². The molecule has 0 fully saturated rings. The molecule has 2 atom stereocenters. The second-order valence-corrected chi connectivity index (χ2v) is 4.13. The Morgan fingerprint density at radius 1 is 1.33 bits per heavy atom. The fraction of sp³-hybridized carbons (Fsp3) is 0.538. The van der Waals surface area contributed by atoms with Gasteiger partial charge in [0.25, 0.3) is 0 Å². The highest BCUT2D eigenvalue weighted by Gasteiger charge is 2.19. The Kier molecular flexibility index (Phi) is 6.07. The van der Waals surface area contributed by atoms with Crippen LogP contribution in [-0.2, 0) is 6.61 Å². The van der Waals surface area contributed by atoms with Crippen LogP contribution in [0.15, 0.2) is 18.2 Å². The van der Waals surface area contributed by atoms with Crippen LogP contribution in [0.1, 0.15) is 23.7 Å². The number of aliphatic hydroxyl groups is 3. The van der Waals surface area contributed by atoms with E-state index in [1.54, 1.807) is 25.2 Å².